The van der Waals surface area contributed by atoms with Crippen LogP contribution >= 0.6 is 15.9 Å². The fourth-order valence-corrected chi connectivity index (χ4v) is 2.97. The molecule has 0 aliphatic rings. The summed E-state index contributed by atoms with van der Waals surface area (Å²) in [5, 5.41) is 0. The van der Waals surface area contributed by atoms with E-state index in [1.54, 1.807) is 0 Å². The van der Waals surface area contributed by atoms with Crippen LogP contribution in [0.5, 0.6) is 0 Å². The third kappa shape index (κ3) is 2.19. The average molecular weight is 315 g/mol. The van der Waals surface area contributed by atoms with E-state index in [-0.39, 0.29) is 0 Å². The molecule has 0 aliphatic heterocycles. The summed E-state index contributed by atoms with van der Waals surface area (Å²) < 4.78 is 1.09. The Bertz CT molecular complexity index is 772. The number of fused-ring (bicyclic) bond motifs is 1. The first kappa shape index (κ1) is 12.4. The van der Waals surface area contributed by atoms with Crippen molar-refractivity contribution in [3.8, 4) is 11.4 Å². The lowest BCUT2D eigenvalue weighted by atomic mass is 10.1. The van der Waals surface area contributed by atoms with Gasteiger partial charge in [0.1, 0.15) is 5.82 Å². The van der Waals surface area contributed by atoms with Gasteiger partial charge in [0.25, 0.3) is 0 Å². The Morgan fingerprint density at radius 2 is 1.79 bits per heavy atom. The number of hydrogen-bond donors (Lipinski definition) is 1. The third-order valence-corrected chi connectivity index (χ3v) is 3.86. The Hall–Kier alpha value is -1.61. The topological polar surface area (TPSA) is 28.7 Å². The summed E-state index contributed by atoms with van der Waals surface area (Å²) in [6.07, 6.45) is 0. The van der Waals surface area contributed by atoms with Crippen molar-refractivity contribution in [2.45, 2.75) is 20.8 Å². The van der Waals surface area contributed by atoms with Gasteiger partial charge in [0.05, 0.1) is 11.0 Å². The van der Waals surface area contributed by atoms with E-state index in [1.165, 1.54) is 16.7 Å². The van der Waals surface area contributed by atoms with E-state index in [2.05, 4.69) is 66.0 Å². The fourth-order valence-electron chi connectivity index (χ4n) is 2.49. The molecule has 0 saturated carbocycles. The number of benzene rings is 2. The zero-order valence-electron chi connectivity index (χ0n) is 11.2. The van der Waals surface area contributed by atoms with E-state index >= 15 is 0 Å². The number of hydrogen-bond acceptors (Lipinski definition) is 1. The number of nitrogens with zero attached hydrogens (tertiary/aromatic N) is 1. The lowest BCUT2D eigenvalue weighted by Gasteiger charge is -2.02. The maximum absolute atomic E-state index is 4.74. The van der Waals surface area contributed by atoms with Crippen molar-refractivity contribution in [3.05, 3.63) is 51.5 Å². The first-order valence-corrected chi connectivity index (χ1v) is 7.07. The normalized spacial score (nSPS) is 11.2. The summed E-state index contributed by atoms with van der Waals surface area (Å²) in [6.45, 7) is 6.32. The van der Waals surface area contributed by atoms with Crippen molar-refractivity contribution >= 4 is 27.0 Å². The Labute approximate surface area is 121 Å². The highest BCUT2D eigenvalue weighted by atomic mass is 79.9. The fraction of sp³-hybridized carbons (Fsp3) is 0.188. The number of H-pyrrole nitrogens is 1. The number of rotatable bonds is 1. The summed E-state index contributed by atoms with van der Waals surface area (Å²) >= 11 is 3.49. The van der Waals surface area contributed by atoms with E-state index < -0.39 is 0 Å². The van der Waals surface area contributed by atoms with E-state index in [9.17, 15) is 0 Å². The van der Waals surface area contributed by atoms with Crippen LogP contribution in [0.4, 0.5) is 0 Å². The van der Waals surface area contributed by atoms with Crippen LogP contribution in [0.25, 0.3) is 22.4 Å². The Balaban J connectivity index is 2.23. The molecule has 0 atom stereocenters. The lowest BCUT2D eigenvalue weighted by Crippen LogP contribution is -1.85. The van der Waals surface area contributed by atoms with Gasteiger partial charge in [0.15, 0.2) is 0 Å². The molecule has 1 heterocycles. The first-order valence-electron chi connectivity index (χ1n) is 6.28. The van der Waals surface area contributed by atoms with Crippen LogP contribution in [0.2, 0.25) is 0 Å². The molecule has 1 N–H and O–H groups in total. The number of aromatic nitrogens is 2. The molecule has 0 bridgehead atoms. The maximum atomic E-state index is 4.74. The van der Waals surface area contributed by atoms with E-state index in [0.717, 1.165) is 26.9 Å². The number of halogens is 1. The molecule has 1 aromatic heterocycles. The van der Waals surface area contributed by atoms with Gasteiger partial charge in [0.2, 0.25) is 0 Å². The van der Waals surface area contributed by atoms with Crippen LogP contribution in [0.3, 0.4) is 0 Å². The Morgan fingerprint density at radius 3 is 2.53 bits per heavy atom. The average Bonchev–Trinajstić information content (AvgIpc) is 2.72. The van der Waals surface area contributed by atoms with Gasteiger partial charge >= 0.3 is 0 Å². The van der Waals surface area contributed by atoms with Crippen LogP contribution in [-0.4, -0.2) is 9.97 Å². The highest BCUT2D eigenvalue weighted by Crippen LogP contribution is 2.27. The first-order chi connectivity index (χ1) is 9.04. The molecule has 0 aliphatic carbocycles. The van der Waals surface area contributed by atoms with Crippen molar-refractivity contribution in [1.82, 2.24) is 9.97 Å². The third-order valence-electron chi connectivity index (χ3n) is 3.37. The molecule has 0 amide bonds. The molecule has 3 rings (SSSR count). The van der Waals surface area contributed by atoms with Gasteiger partial charge < -0.3 is 4.98 Å². The molecule has 19 heavy (non-hydrogen) atoms. The zero-order chi connectivity index (χ0) is 13.6. The summed E-state index contributed by atoms with van der Waals surface area (Å²) in [4.78, 5) is 8.17. The second-order valence-electron chi connectivity index (χ2n) is 5.02. The van der Waals surface area contributed by atoms with Crippen LogP contribution in [0.15, 0.2) is 34.8 Å². The second kappa shape index (κ2) is 4.49. The predicted octanol–water partition coefficient (Wildman–Crippen LogP) is 4.92. The molecule has 3 aromatic rings. The van der Waals surface area contributed by atoms with Crippen LogP contribution in [0, 0.1) is 20.8 Å². The summed E-state index contributed by atoms with van der Waals surface area (Å²) in [7, 11) is 0. The smallest absolute Gasteiger partial charge is 0.138 e. The molecule has 0 saturated heterocycles. The minimum Gasteiger partial charge on any atom is -0.338 e. The highest BCUT2D eigenvalue weighted by molar-refractivity contribution is 9.10. The minimum atomic E-state index is 0.939. The second-order valence-corrected chi connectivity index (χ2v) is 5.94. The molecule has 96 valence electrons. The van der Waals surface area contributed by atoms with Gasteiger partial charge in [-0.05, 0) is 61.7 Å². The van der Waals surface area contributed by atoms with Gasteiger partial charge in [-0.25, -0.2) is 4.98 Å². The molecule has 0 spiro atoms. The van der Waals surface area contributed by atoms with Crippen molar-refractivity contribution < 1.29 is 0 Å². The van der Waals surface area contributed by atoms with Crippen LogP contribution in [0.1, 0.15) is 16.7 Å². The zero-order valence-corrected chi connectivity index (χ0v) is 12.8. The molecular weight excluding hydrogens is 300 g/mol. The minimum absolute atomic E-state index is 0.939. The quantitative estimate of drug-likeness (QED) is 0.678. The molecule has 0 unspecified atom stereocenters. The monoisotopic (exact) mass is 314 g/mol. The summed E-state index contributed by atoms with van der Waals surface area (Å²) in [6, 6.07) is 10.6. The summed E-state index contributed by atoms with van der Waals surface area (Å²) in [5.74, 6) is 0.939. The van der Waals surface area contributed by atoms with E-state index in [0.29, 0.717) is 0 Å². The van der Waals surface area contributed by atoms with Gasteiger partial charge in [-0.15, -0.1) is 0 Å². The van der Waals surface area contributed by atoms with Crippen molar-refractivity contribution in [2.24, 2.45) is 0 Å². The lowest BCUT2D eigenvalue weighted by molar-refractivity contribution is 1.30. The van der Waals surface area contributed by atoms with Crippen molar-refractivity contribution in [1.29, 1.82) is 0 Å². The van der Waals surface area contributed by atoms with Crippen LogP contribution < -0.4 is 0 Å². The number of aryl methyl sites for hydroxylation is 3. The molecule has 2 aromatic carbocycles. The van der Waals surface area contributed by atoms with E-state index in [4.69, 9.17) is 4.98 Å². The van der Waals surface area contributed by atoms with Gasteiger partial charge in [-0.3, -0.25) is 0 Å². The van der Waals surface area contributed by atoms with Gasteiger partial charge in [-0.1, -0.05) is 22.0 Å². The van der Waals surface area contributed by atoms with Crippen molar-refractivity contribution in [2.75, 3.05) is 0 Å². The molecule has 2 nitrogen and oxygen atoms in total. The van der Waals surface area contributed by atoms with Gasteiger partial charge in [-0.2, -0.15) is 0 Å². The van der Waals surface area contributed by atoms with Crippen molar-refractivity contribution in [3.63, 3.8) is 0 Å². The highest BCUT2D eigenvalue weighted by Gasteiger charge is 2.10. The molecule has 0 radical (unpaired) electrons. The number of nitrogens with one attached hydrogen (secondary N) is 1. The molecular formula is C16H15BrN2. The largest absolute Gasteiger partial charge is 0.338 e. The Morgan fingerprint density at radius 1 is 1.00 bits per heavy atom. The molecule has 3 heteroatoms. The van der Waals surface area contributed by atoms with Gasteiger partial charge in [0, 0.05) is 10.0 Å². The number of imidazole rings is 1. The van der Waals surface area contributed by atoms with E-state index in [1.807, 2.05) is 6.07 Å². The summed E-state index contributed by atoms with van der Waals surface area (Å²) in [5.41, 5.74) is 7.00. The molecule has 0 fully saturated rings. The maximum Gasteiger partial charge on any atom is 0.138 e. The number of aromatic amines is 1. The SMILES string of the molecule is Cc1cc(C)c2nc(-c3ccc(Br)cc3C)[nH]c2c1. The standard InChI is InChI=1S/C16H15BrN2/c1-9-6-11(3)15-14(7-9)18-16(19-15)13-5-4-12(17)8-10(13)2/h4-8H,1-3H3,(H,18,19). The Kier molecular flexibility index (Phi) is 2.94. The van der Waals surface area contributed by atoms with Crippen LogP contribution in [-0.2, 0) is 0 Å². The predicted molar refractivity (Wildman–Crippen MR) is 83.4 cm³/mol.